The molecule has 0 aromatic heterocycles. The molecule has 0 spiro atoms. The Balaban J connectivity index is 1.66. The monoisotopic (exact) mass is 271 g/mol. The molecule has 108 valence electrons. The number of urea groups is 1. The maximum atomic E-state index is 11.9. The van der Waals surface area contributed by atoms with Gasteiger partial charge in [-0.3, -0.25) is 0 Å². The van der Waals surface area contributed by atoms with Gasteiger partial charge < -0.3 is 25.4 Å². The minimum atomic E-state index is -1.02. The first-order valence-electron chi connectivity index (χ1n) is 6.77. The number of nitrogens with one attached hydrogen (secondary N) is 2. The molecule has 1 saturated heterocycles. The van der Waals surface area contributed by atoms with Crippen LogP contribution in [-0.4, -0.2) is 66.9 Å². The van der Waals surface area contributed by atoms with Crippen LogP contribution in [0.25, 0.3) is 0 Å². The van der Waals surface area contributed by atoms with Crippen LogP contribution in [0.3, 0.4) is 0 Å². The van der Waals surface area contributed by atoms with E-state index in [0.717, 1.165) is 13.0 Å². The van der Waals surface area contributed by atoms with Gasteiger partial charge in [-0.15, -0.1) is 0 Å². The molecule has 2 aliphatic rings. The maximum Gasteiger partial charge on any atom is 0.328 e. The van der Waals surface area contributed by atoms with Crippen molar-refractivity contribution in [1.82, 2.24) is 15.5 Å². The zero-order valence-corrected chi connectivity index (χ0v) is 10.9. The van der Waals surface area contributed by atoms with Crippen LogP contribution in [0.1, 0.15) is 19.3 Å². The Morgan fingerprint density at radius 3 is 2.79 bits per heavy atom. The van der Waals surface area contributed by atoms with E-state index in [2.05, 4.69) is 10.6 Å². The first-order valence-corrected chi connectivity index (χ1v) is 6.77. The summed E-state index contributed by atoms with van der Waals surface area (Å²) in [6, 6.07) is -0.521. The van der Waals surface area contributed by atoms with Crippen LogP contribution in [0.5, 0.6) is 0 Å². The molecular weight excluding hydrogens is 250 g/mol. The highest BCUT2D eigenvalue weighted by atomic mass is 16.5. The van der Waals surface area contributed by atoms with Crippen molar-refractivity contribution in [3.8, 4) is 0 Å². The van der Waals surface area contributed by atoms with Crippen LogP contribution >= 0.6 is 0 Å². The Bertz CT molecular complexity index is 333. The number of hydrogen-bond acceptors (Lipinski definition) is 4. The number of carbonyl (C=O) groups excluding carboxylic acids is 1. The molecular formula is C12H21N3O4. The van der Waals surface area contributed by atoms with Crippen molar-refractivity contribution >= 4 is 12.0 Å². The summed E-state index contributed by atoms with van der Waals surface area (Å²) in [6.07, 6.45) is 3.35. The molecule has 19 heavy (non-hydrogen) atoms. The van der Waals surface area contributed by atoms with Gasteiger partial charge in [0.15, 0.2) is 6.04 Å². The highest BCUT2D eigenvalue weighted by Gasteiger charge is 2.32. The summed E-state index contributed by atoms with van der Waals surface area (Å²) >= 11 is 0. The third kappa shape index (κ3) is 4.36. The van der Waals surface area contributed by atoms with E-state index in [1.807, 2.05) is 0 Å². The number of morpholine rings is 1. The van der Waals surface area contributed by atoms with Gasteiger partial charge in [0.1, 0.15) is 0 Å². The fourth-order valence-corrected chi connectivity index (χ4v) is 2.03. The molecule has 1 unspecified atom stereocenters. The Labute approximate surface area is 112 Å². The number of carboxylic acids is 1. The maximum absolute atomic E-state index is 11.9. The van der Waals surface area contributed by atoms with Crippen LogP contribution in [-0.2, 0) is 9.53 Å². The van der Waals surface area contributed by atoms with E-state index in [-0.39, 0.29) is 12.6 Å². The number of rotatable bonds is 6. The Hall–Kier alpha value is -1.34. The minimum absolute atomic E-state index is 0.0615. The van der Waals surface area contributed by atoms with Gasteiger partial charge in [-0.25, -0.2) is 9.59 Å². The SMILES string of the molecule is O=C(O)C1COCCN1C(=O)NCCCNC1CC1. The number of carboxylic acid groups (broad SMARTS) is 1. The van der Waals surface area contributed by atoms with Crippen molar-refractivity contribution in [3.63, 3.8) is 0 Å². The van der Waals surface area contributed by atoms with Crippen LogP contribution in [0.2, 0.25) is 0 Å². The van der Waals surface area contributed by atoms with Crippen molar-refractivity contribution in [2.24, 2.45) is 0 Å². The number of ether oxygens (including phenoxy) is 1. The Morgan fingerprint density at radius 2 is 2.11 bits per heavy atom. The molecule has 3 N–H and O–H groups in total. The second-order valence-electron chi connectivity index (χ2n) is 4.94. The number of hydrogen-bond donors (Lipinski definition) is 3. The van der Waals surface area contributed by atoms with Gasteiger partial charge in [0.2, 0.25) is 0 Å². The number of aliphatic carboxylic acids is 1. The largest absolute Gasteiger partial charge is 0.480 e. The topological polar surface area (TPSA) is 90.9 Å². The quantitative estimate of drug-likeness (QED) is 0.573. The van der Waals surface area contributed by atoms with Gasteiger partial charge in [0, 0.05) is 19.1 Å². The lowest BCUT2D eigenvalue weighted by Gasteiger charge is -2.32. The van der Waals surface area contributed by atoms with Crippen LogP contribution in [0.4, 0.5) is 4.79 Å². The molecule has 2 amide bonds. The molecule has 0 bridgehead atoms. The van der Waals surface area contributed by atoms with E-state index in [9.17, 15) is 9.59 Å². The summed E-state index contributed by atoms with van der Waals surface area (Å²) in [7, 11) is 0. The standard InChI is InChI=1S/C12H21N3O4/c16-11(17)10-8-19-7-6-15(10)12(18)14-5-1-4-13-9-2-3-9/h9-10,13H,1-8H2,(H,14,18)(H,16,17). The van der Waals surface area contributed by atoms with E-state index < -0.39 is 12.0 Å². The molecule has 7 nitrogen and oxygen atoms in total. The van der Waals surface area contributed by atoms with E-state index in [4.69, 9.17) is 9.84 Å². The Kier molecular flexibility index (Phi) is 4.98. The van der Waals surface area contributed by atoms with Crippen molar-refractivity contribution in [3.05, 3.63) is 0 Å². The lowest BCUT2D eigenvalue weighted by atomic mass is 10.2. The highest BCUT2D eigenvalue weighted by Crippen LogP contribution is 2.18. The van der Waals surface area contributed by atoms with Crippen molar-refractivity contribution in [2.75, 3.05) is 32.8 Å². The predicted octanol–water partition coefficient (Wildman–Crippen LogP) is -0.376. The smallest absolute Gasteiger partial charge is 0.328 e. The van der Waals surface area contributed by atoms with Gasteiger partial charge in [0.25, 0.3) is 0 Å². The molecule has 2 rings (SSSR count). The molecule has 1 aliphatic carbocycles. The van der Waals surface area contributed by atoms with Gasteiger partial charge in [0.05, 0.1) is 13.2 Å². The molecule has 1 aliphatic heterocycles. The molecule has 0 radical (unpaired) electrons. The lowest BCUT2D eigenvalue weighted by Crippen LogP contribution is -2.55. The average molecular weight is 271 g/mol. The second-order valence-corrected chi connectivity index (χ2v) is 4.94. The van der Waals surface area contributed by atoms with Crippen LogP contribution < -0.4 is 10.6 Å². The minimum Gasteiger partial charge on any atom is -0.480 e. The molecule has 1 heterocycles. The zero-order chi connectivity index (χ0) is 13.7. The first-order chi connectivity index (χ1) is 9.18. The fourth-order valence-electron chi connectivity index (χ4n) is 2.03. The summed E-state index contributed by atoms with van der Waals surface area (Å²) in [5.74, 6) is -1.02. The highest BCUT2D eigenvalue weighted by molar-refractivity contribution is 5.82. The summed E-state index contributed by atoms with van der Waals surface area (Å²) in [4.78, 5) is 24.2. The number of nitrogens with zero attached hydrogens (tertiary/aromatic N) is 1. The van der Waals surface area contributed by atoms with E-state index in [1.165, 1.54) is 17.7 Å². The summed E-state index contributed by atoms with van der Waals surface area (Å²) in [5.41, 5.74) is 0. The molecule has 2 fully saturated rings. The molecule has 0 aromatic carbocycles. The van der Waals surface area contributed by atoms with E-state index >= 15 is 0 Å². The normalized spacial score (nSPS) is 23.2. The van der Waals surface area contributed by atoms with Gasteiger partial charge in [-0.05, 0) is 25.8 Å². The first kappa shape index (κ1) is 14.1. The molecule has 0 aromatic rings. The summed E-state index contributed by atoms with van der Waals surface area (Å²) < 4.78 is 5.09. The average Bonchev–Trinajstić information content (AvgIpc) is 3.22. The molecule has 1 atom stereocenters. The summed E-state index contributed by atoms with van der Waals surface area (Å²) in [5, 5.41) is 15.1. The number of carbonyl (C=O) groups is 2. The van der Waals surface area contributed by atoms with Crippen LogP contribution in [0, 0.1) is 0 Å². The fraction of sp³-hybridized carbons (Fsp3) is 0.833. The van der Waals surface area contributed by atoms with Crippen molar-refractivity contribution < 1.29 is 19.4 Å². The molecule has 1 saturated carbocycles. The molecule has 7 heteroatoms. The van der Waals surface area contributed by atoms with Gasteiger partial charge >= 0.3 is 12.0 Å². The van der Waals surface area contributed by atoms with Crippen molar-refractivity contribution in [1.29, 1.82) is 0 Å². The lowest BCUT2D eigenvalue weighted by molar-refractivity contribution is -0.147. The van der Waals surface area contributed by atoms with Gasteiger partial charge in [-0.2, -0.15) is 0 Å². The van der Waals surface area contributed by atoms with Crippen LogP contribution in [0.15, 0.2) is 0 Å². The third-order valence-electron chi connectivity index (χ3n) is 3.31. The predicted molar refractivity (Wildman–Crippen MR) is 68.0 cm³/mol. The van der Waals surface area contributed by atoms with E-state index in [0.29, 0.717) is 25.7 Å². The third-order valence-corrected chi connectivity index (χ3v) is 3.31. The van der Waals surface area contributed by atoms with E-state index in [1.54, 1.807) is 0 Å². The summed E-state index contributed by atoms with van der Waals surface area (Å²) in [6.45, 7) is 2.22. The van der Waals surface area contributed by atoms with Crippen molar-refractivity contribution in [2.45, 2.75) is 31.3 Å². The second kappa shape index (κ2) is 6.72. The number of amides is 2. The Morgan fingerprint density at radius 1 is 1.32 bits per heavy atom. The zero-order valence-electron chi connectivity index (χ0n) is 10.9. The van der Waals surface area contributed by atoms with Gasteiger partial charge in [-0.1, -0.05) is 0 Å².